The number of hydrogen-bond donors (Lipinski definition) is 0. The van der Waals surface area contributed by atoms with E-state index in [9.17, 15) is 4.79 Å². The van der Waals surface area contributed by atoms with Gasteiger partial charge >= 0.3 is 5.24 Å². The monoisotopic (exact) mass is 145 g/mol. The molecule has 0 aromatic rings. The van der Waals surface area contributed by atoms with Crippen LogP contribution in [-0.4, -0.2) is 23.2 Å². The molecule has 1 aliphatic rings. The number of rotatable bonds is 1. The minimum Gasteiger partial charge on any atom is -0.269 e. The highest BCUT2D eigenvalue weighted by Gasteiger charge is 2.12. The van der Waals surface area contributed by atoms with Crippen LogP contribution < -0.4 is 0 Å². The zero-order valence-electron chi connectivity index (χ0n) is 5.03. The van der Waals surface area contributed by atoms with Crippen LogP contribution in [0.25, 0.3) is 0 Å². The van der Waals surface area contributed by atoms with Crippen LogP contribution in [0.1, 0.15) is 0 Å². The maximum Gasteiger partial charge on any atom is 0.309 e. The molecule has 0 saturated carbocycles. The molecular weight excluding hydrogens is 138 g/mol. The summed E-state index contributed by atoms with van der Waals surface area (Å²) in [5, 5.41) is 1.15. The number of hydrogen-bond acceptors (Lipinski definition) is 3. The van der Waals surface area contributed by atoms with E-state index < -0.39 is 0 Å². The predicted molar refractivity (Wildman–Crippen MR) is 35.8 cm³/mol. The van der Waals surface area contributed by atoms with Gasteiger partial charge in [0.2, 0.25) is 0 Å². The molecule has 1 amide bonds. The number of carbonyl (C=O) groups is 1. The maximum absolute atomic E-state index is 10.7. The van der Waals surface area contributed by atoms with E-state index >= 15 is 0 Å². The molecule has 0 saturated heterocycles. The number of nitrogens with zero attached hydrogens (tertiary/aromatic N) is 1. The molecule has 3 nitrogen and oxygen atoms in total. The minimum absolute atomic E-state index is 0.0556. The molecule has 0 fully saturated rings. The molecule has 0 bridgehead atoms. The minimum atomic E-state index is -0.0556. The normalized spacial score (nSPS) is 18.8. The highest BCUT2D eigenvalue weighted by molar-refractivity contribution is 8.13. The van der Waals surface area contributed by atoms with Gasteiger partial charge in [-0.1, -0.05) is 17.8 Å². The van der Waals surface area contributed by atoms with Crippen LogP contribution in [-0.2, 0) is 4.84 Å². The Hall–Kier alpha value is -0.480. The fraction of sp³-hybridized carbons (Fsp3) is 0.400. The van der Waals surface area contributed by atoms with E-state index in [2.05, 4.69) is 4.84 Å². The van der Waals surface area contributed by atoms with Crippen LogP contribution in [0.3, 0.4) is 0 Å². The van der Waals surface area contributed by atoms with E-state index in [1.807, 2.05) is 6.08 Å². The average molecular weight is 145 g/mol. The van der Waals surface area contributed by atoms with Gasteiger partial charge in [0.25, 0.3) is 0 Å². The first kappa shape index (κ1) is 6.64. The van der Waals surface area contributed by atoms with Crippen molar-refractivity contribution in [3.63, 3.8) is 0 Å². The molecule has 0 radical (unpaired) electrons. The third kappa shape index (κ3) is 1.46. The predicted octanol–water partition coefficient (Wildman–Crippen LogP) is 1.23. The Morgan fingerprint density at radius 3 is 3.11 bits per heavy atom. The Balaban J connectivity index is 2.57. The van der Waals surface area contributed by atoms with E-state index in [0.717, 1.165) is 5.75 Å². The molecule has 0 aliphatic carbocycles. The molecule has 0 N–H and O–H groups in total. The summed E-state index contributed by atoms with van der Waals surface area (Å²) in [4.78, 5) is 15.4. The maximum atomic E-state index is 10.7. The van der Waals surface area contributed by atoms with Gasteiger partial charge in [0.15, 0.2) is 0 Å². The molecule has 4 heteroatoms. The molecule has 50 valence electrons. The second kappa shape index (κ2) is 2.89. The van der Waals surface area contributed by atoms with Crippen molar-refractivity contribution in [2.24, 2.45) is 0 Å². The second-order valence-corrected chi connectivity index (χ2v) is 2.44. The lowest BCUT2D eigenvalue weighted by Gasteiger charge is -2.16. The van der Waals surface area contributed by atoms with Crippen molar-refractivity contribution in [3.05, 3.63) is 12.3 Å². The Kier molecular flexibility index (Phi) is 2.13. The highest BCUT2D eigenvalue weighted by atomic mass is 32.2. The summed E-state index contributed by atoms with van der Waals surface area (Å²) >= 11 is 1.23. The third-order valence-electron chi connectivity index (χ3n) is 0.920. The summed E-state index contributed by atoms with van der Waals surface area (Å²) in [7, 11) is 1.47. The summed E-state index contributed by atoms with van der Waals surface area (Å²) in [6, 6.07) is 0. The summed E-state index contributed by atoms with van der Waals surface area (Å²) in [6.07, 6.45) is 3.49. The number of hydroxylamine groups is 2. The topological polar surface area (TPSA) is 29.5 Å². The van der Waals surface area contributed by atoms with E-state index in [1.165, 1.54) is 23.9 Å². The van der Waals surface area contributed by atoms with Crippen molar-refractivity contribution in [2.75, 3.05) is 12.9 Å². The molecule has 1 rings (SSSR count). The molecular formula is C5H7NO2S. The summed E-state index contributed by atoms with van der Waals surface area (Å²) in [6.45, 7) is 0. The second-order valence-electron chi connectivity index (χ2n) is 1.47. The van der Waals surface area contributed by atoms with Gasteiger partial charge in [0, 0.05) is 12.0 Å². The molecule has 1 heterocycles. The average Bonchev–Trinajstić information content (AvgIpc) is 1.89. The van der Waals surface area contributed by atoms with Crippen LogP contribution in [0.5, 0.6) is 0 Å². The molecule has 9 heavy (non-hydrogen) atoms. The lowest BCUT2D eigenvalue weighted by Crippen LogP contribution is -2.22. The van der Waals surface area contributed by atoms with Gasteiger partial charge in [-0.05, 0) is 0 Å². The van der Waals surface area contributed by atoms with Gasteiger partial charge in [-0.2, -0.15) is 5.06 Å². The van der Waals surface area contributed by atoms with Gasteiger partial charge in [0.05, 0.1) is 7.11 Å². The number of amides is 1. The van der Waals surface area contributed by atoms with Gasteiger partial charge in [0.1, 0.15) is 0 Å². The van der Waals surface area contributed by atoms with Crippen molar-refractivity contribution in [3.8, 4) is 0 Å². The summed E-state index contributed by atoms with van der Waals surface area (Å²) in [5.41, 5.74) is 0. The first-order valence-electron chi connectivity index (χ1n) is 2.51. The van der Waals surface area contributed by atoms with Crippen molar-refractivity contribution in [1.29, 1.82) is 0 Å². The van der Waals surface area contributed by atoms with Crippen LogP contribution in [0.2, 0.25) is 0 Å². The fourth-order valence-electron chi connectivity index (χ4n) is 0.518. The molecule has 0 atom stereocenters. The molecule has 0 aromatic heterocycles. The van der Waals surface area contributed by atoms with Gasteiger partial charge in [-0.3, -0.25) is 9.63 Å². The van der Waals surface area contributed by atoms with Gasteiger partial charge in [-0.25, -0.2) is 0 Å². The van der Waals surface area contributed by atoms with Gasteiger partial charge in [-0.15, -0.1) is 0 Å². The summed E-state index contributed by atoms with van der Waals surface area (Å²) < 4.78 is 0. The Bertz CT molecular complexity index is 146. The quantitative estimate of drug-likeness (QED) is 0.555. The standard InChI is InChI=1S/C5H7NO2S/c1-8-6-3-2-4-9-5(6)7/h2-3H,4H2,1H3. The van der Waals surface area contributed by atoms with Crippen LogP contribution in [0.15, 0.2) is 12.3 Å². The SMILES string of the molecule is CON1C=CCSC1=O. The van der Waals surface area contributed by atoms with E-state index in [0.29, 0.717) is 0 Å². The van der Waals surface area contributed by atoms with E-state index in [-0.39, 0.29) is 5.24 Å². The smallest absolute Gasteiger partial charge is 0.269 e. The van der Waals surface area contributed by atoms with E-state index in [4.69, 9.17) is 0 Å². The largest absolute Gasteiger partial charge is 0.309 e. The van der Waals surface area contributed by atoms with Crippen molar-refractivity contribution in [1.82, 2.24) is 5.06 Å². The molecule has 1 aliphatic heterocycles. The van der Waals surface area contributed by atoms with Gasteiger partial charge < -0.3 is 0 Å². The Morgan fingerprint density at radius 1 is 1.89 bits per heavy atom. The van der Waals surface area contributed by atoms with Crippen LogP contribution in [0.4, 0.5) is 4.79 Å². The lowest BCUT2D eigenvalue weighted by atomic mass is 10.7. The summed E-state index contributed by atoms with van der Waals surface area (Å²) in [5.74, 6) is 0.749. The fourth-order valence-corrected chi connectivity index (χ4v) is 1.11. The molecule has 0 unspecified atom stereocenters. The Morgan fingerprint density at radius 2 is 2.67 bits per heavy atom. The highest BCUT2D eigenvalue weighted by Crippen LogP contribution is 2.14. The van der Waals surface area contributed by atoms with Crippen molar-refractivity contribution in [2.45, 2.75) is 0 Å². The zero-order valence-corrected chi connectivity index (χ0v) is 5.85. The molecule has 0 aromatic carbocycles. The van der Waals surface area contributed by atoms with Crippen molar-refractivity contribution < 1.29 is 9.63 Å². The first-order chi connectivity index (χ1) is 4.34. The first-order valence-corrected chi connectivity index (χ1v) is 3.50. The van der Waals surface area contributed by atoms with E-state index in [1.54, 1.807) is 6.20 Å². The Labute approximate surface area is 57.6 Å². The molecule has 0 spiro atoms. The van der Waals surface area contributed by atoms with Crippen molar-refractivity contribution >= 4 is 17.0 Å². The number of carbonyl (C=O) groups excluding carboxylic acids is 1. The van der Waals surface area contributed by atoms with Crippen LogP contribution >= 0.6 is 11.8 Å². The van der Waals surface area contributed by atoms with Crippen LogP contribution in [0, 0.1) is 0 Å². The zero-order chi connectivity index (χ0) is 6.69. The lowest BCUT2D eigenvalue weighted by molar-refractivity contribution is -0.0358. The number of thioether (sulfide) groups is 1. The third-order valence-corrected chi connectivity index (χ3v) is 1.71.